The van der Waals surface area contributed by atoms with E-state index in [-0.39, 0.29) is 17.0 Å². The summed E-state index contributed by atoms with van der Waals surface area (Å²) in [7, 11) is 0. The number of likely N-dealkylation sites (tertiary alicyclic amines) is 1. The average molecular weight is 307 g/mol. The van der Waals surface area contributed by atoms with Gasteiger partial charge in [-0.05, 0) is 31.9 Å². The van der Waals surface area contributed by atoms with Crippen LogP contribution in [0.3, 0.4) is 0 Å². The van der Waals surface area contributed by atoms with Crippen molar-refractivity contribution in [2.24, 2.45) is 0 Å². The Balaban J connectivity index is 1.78. The molecule has 1 aromatic heterocycles. The maximum absolute atomic E-state index is 13.8. The normalized spacial score (nSPS) is 18.0. The van der Waals surface area contributed by atoms with Gasteiger partial charge in [0.25, 0.3) is 5.91 Å². The van der Waals surface area contributed by atoms with Gasteiger partial charge in [-0.3, -0.25) is 4.79 Å². The minimum Gasteiger partial charge on any atom is -0.339 e. The molecule has 22 heavy (non-hydrogen) atoms. The van der Waals surface area contributed by atoms with Gasteiger partial charge in [0, 0.05) is 19.2 Å². The number of benzene rings is 1. The van der Waals surface area contributed by atoms with Crippen LogP contribution in [0.2, 0.25) is 0 Å². The van der Waals surface area contributed by atoms with E-state index in [4.69, 9.17) is 4.52 Å². The van der Waals surface area contributed by atoms with Crippen LogP contribution in [0, 0.1) is 25.5 Å². The molecule has 116 valence electrons. The van der Waals surface area contributed by atoms with Crippen molar-refractivity contribution in [3.05, 3.63) is 46.6 Å². The summed E-state index contributed by atoms with van der Waals surface area (Å²) in [5.74, 6) is -0.961. The number of nitrogens with zero attached hydrogens (tertiary/aromatic N) is 3. The Bertz CT molecular complexity index is 730. The van der Waals surface area contributed by atoms with Crippen molar-refractivity contribution in [2.75, 3.05) is 13.1 Å². The Morgan fingerprint density at radius 3 is 2.77 bits per heavy atom. The second kappa shape index (κ2) is 5.47. The number of aryl methyl sites for hydroxylation is 2. The van der Waals surface area contributed by atoms with Crippen molar-refractivity contribution in [1.29, 1.82) is 0 Å². The molecule has 0 unspecified atom stereocenters. The fourth-order valence-electron chi connectivity index (χ4n) is 2.62. The number of carbonyl (C=O) groups excluding carboxylic acids is 1. The second-order valence-corrected chi connectivity index (χ2v) is 5.50. The maximum Gasteiger partial charge on any atom is 0.256 e. The summed E-state index contributed by atoms with van der Waals surface area (Å²) in [5.41, 5.74) is 0.134. The molecule has 2 aromatic rings. The molecule has 1 atom stereocenters. The molecule has 3 rings (SSSR count). The van der Waals surface area contributed by atoms with Crippen molar-refractivity contribution < 1.29 is 18.1 Å². The highest BCUT2D eigenvalue weighted by Gasteiger charge is 2.32. The zero-order valence-electron chi connectivity index (χ0n) is 12.3. The third kappa shape index (κ3) is 2.58. The minimum atomic E-state index is -0.842. The van der Waals surface area contributed by atoms with E-state index in [1.807, 2.05) is 0 Å². The van der Waals surface area contributed by atoms with Crippen LogP contribution in [0.4, 0.5) is 8.78 Å². The van der Waals surface area contributed by atoms with E-state index in [9.17, 15) is 13.6 Å². The van der Waals surface area contributed by atoms with Gasteiger partial charge in [-0.2, -0.15) is 4.98 Å². The molecule has 1 fully saturated rings. The fourth-order valence-corrected chi connectivity index (χ4v) is 2.62. The number of amides is 1. The molecular formula is C15H15F2N3O2. The Labute approximate surface area is 125 Å². The maximum atomic E-state index is 13.8. The predicted octanol–water partition coefficient (Wildman–Crippen LogP) is 2.59. The molecule has 1 amide bonds. The molecule has 1 saturated heterocycles. The summed E-state index contributed by atoms with van der Waals surface area (Å²) in [6.07, 6.45) is 0.676. The van der Waals surface area contributed by atoms with Crippen molar-refractivity contribution >= 4 is 5.91 Å². The minimum absolute atomic E-state index is 0.0465. The zero-order valence-corrected chi connectivity index (χ0v) is 12.3. The van der Waals surface area contributed by atoms with Crippen LogP contribution in [-0.4, -0.2) is 34.0 Å². The van der Waals surface area contributed by atoms with E-state index in [2.05, 4.69) is 10.1 Å². The summed E-state index contributed by atoms with van der Waals surface area (Å²) in [6.45, 7) is 4.08. The molecule has 0 aliphatic carbocycles. The van der Waals surface area contributed by atoms with Crippen LogP contribution in [0.1, 0.15) is 40.0 Å². The van der Waals surface area contributed by atoms with Crippen LogP contribution >= 0.6 is 0 Å². The van der Waals surface area contributed by atoms with Gasteiger partial charge in [-0.25, -0.2) is 8.78 Å². The Hall–Kier alpha value is -2.31. The Morgan fingerprint density at radius 2 is 2.09 bits per heavy atom. The molecule has 0 spiro atoms. The first kappa shape index (κ1) is 14.6. The third-order valence-corrected chi connectivity index (χ3v) is 3.85. The molecule has 0 radical (unpaired) electrons. The van der Waals surface area contributed by atoms with E-state index in [1.54, 1.807) is 6.92 Å². The molecule has 5 nitrogen and oxygen atoms in total. The number of hydrogen-bond acceptors (Lipinski definition) is 4. The highest BCUT2D eigenvalue weighted by atomic mass is 19.1. The lowest BCUT2D eigenvalue weighted by atomic mass is 10.1. The highest BCUT2D eigenvalue weighted by molar-refractivity contribution is 5.95. The molecule has 1 aliphatic heterocycles. The third-order valence-electron chi connectivity index (χ3n) is 3.85. The zero-order chi connectivity index (χ0) is 15.9. The molecule has 1 aliphatic rings. The first-order valence-corrected chi connectivity index (χ1v) is 7.01. The average Bonchev–Trinajstić information content (AvgIpc) is 3.10. The molecule has 7 heteroatoms. The fraction of sp³-hybridized carbons (Fsp3) is 0.400. The van der Waals surface area contributed by atoms with Gasteiger partial charge >= 0.3 is 0 Å². The number of carbonyl (C=O) groups is 1. The van der Waals surface area contributed by atoms with Crippen molar-refractivity contribution in [3.63, 3.8) is 0 Å². The quantitative estimate of drug-likeness (QED) is 0.855. The number of rotatable bonds is 2. The van der Waals surface area contributed by atoms with E-state index in [0.717, 1.165) is 6.07 Å². The van der Waals surface area contributed by atoms with Crippen LogP contribution in [0.15, 0.2) is 16.7 Å². The predicted molar refractivity (Wildman–Crippen MR) is 73.4 cm³/mol. The number of aromatic nitrogens is 2. The van der Waals surface area contributed by atoms with Gasteiger partial charge in [0.15, 0.2) is 5.82 Å². The van der Waals surface area contributed by atoms with Gasteiger partial charge in [-0.15, -0.1) is 0 Å². The smallest absolute Gasteiger partial charge is 0.256 e. The lowest BCUT2D eigenvalue weighted by molar-refractivity contribution is 0.0784. The lowest BCUT2D eigenvalue weighted by Gasteiger charge is -2.16. The summed E-state index contributed by atoms with van der Waals surface area (Å²) in [5, 5.41) is 3.73. The standard InChI is InChI=1S/C15H15F2N3O2/c1-8-5-11(13(17)6-12(8)16)15(21)20-4-3-10(7-20)14-18-9(2)19-22-14/h5-6,10H,3-4,7H2,1-2H3/t10-/m0/s1. The molecule has 2 heterocycles. The molecule has 0 bridgehead atoms. The van der Waals surface area contributed by atoms with Gasteiger partial charge in [0.05, 0.1) is 11.5 Å². The topological polar surface area (TPSA) is 59.2 Å². The van der Waals surface area contributed by atoms with Crippen molar-refractivity contribution in [3.8, 4) is 0 Å². The number of hydrogen-bond donors (Lipinski definition) is 0. The monoisotopic (exact) mass is 307 g/mol. The largest absolute Gasteiger partial charge is 0.339 e. The highest BCUT2D eigenvalue weighted by Crippen LogP contribution is 2.27. The van der Waals surface area contributed by atoms with Gasteiger partial charge in [-0.1, -0.05) is 5.16 Å². The van der Waals surface area contributed by atoms with Gasteiger partial charge in [0.2, 0.25) is 5.89 Å². The lowest BCUT2D eigenvalue weighted by Crippen LogP contribution is -2.29. The second-order valence-electron chi connectivity index (χ2n) is 5.50. The SMILES string of the molecule is Cc1noc([C@H]2CCN(C(=O)c3cc(C)c(F)cc3F)C2)n1. The molecule has 0 N–H and O–H groups in total. The van der Waals surface area contributed by atoms with Crippen molar-refractivity contribution in [2.45, 2.75) is 26.2 Å². The van der Waals surface area contributed by atoms with E-state index in [1.165, 1.54) is 17.9 Å². The summed E-state index contributed by atoms with van der Waals surface area (Å²) in [4.78, 5) is 18.1. The van der Waals surface area contributed by atoms with Gasteiger partial charge in [0.1, 0.15) is 11.6 Å². The summed E-state index contributed by atoms with van der Waals surface area (Å²) in [6, 6.07) is 1.99. The summed E-state index contributed by atoms with van der Waals surface area (Å²) < 4.78 is 32.2. The van der Waals surface area contributed by atoms with E-state index >= 15 is 0 Å². The molecular weight excluding hydrogens is 292 g/mol. The molecule has 0 saturated carbocycles. The first-order valence-electron chi connectivity index (χ1n) is 7.01. The van der Waals surface area contributed by atoms with E-state index < -0.39 is 17.5 Å². The van der Waals surface area contributed by atoms with Crippen LogP contribution in [0.25, 0.3) is 0 Å². The molecule has 1 aromatic carbocycles. The van der Waals surface area contributed by atoms with E-state index in [0.29, 0.717) is 31.2 Å². The Morgan fingerprint density at radius 1 is 1.32 bits per heavy atom. The first-order chi connectivity index (χ1) is 10.5. The van der Waals surface area contributed by atoms with Crippen LogP contribution in [-0.2, 0) is 0 Å². The van der Waals surface area contributed by atoms with Crippen LogP contribution in [0.5, 0.6) is 0 Å². The Kier molecular flexibility index (Phi) is 3.64. The number of halogens is 2. The van der Waals surface area contributed by atoms with Crippen LogP contribution < -0.4 is 0 Å². The van der Waals surface area contributed by atoms with Crippen molar-refractivity contribution in [1.82, 2.24) is 15.0 Å². The summed E-state index contributed by atoms with van der Waals surface area (Å²) >= 11 is 0. The van der Waals surface area contributed by atoms with Gasteiger partial charge < -0.3 is 9.42 Å².